The molecule has 6 heteroatoms. The summed E-state index contributed by atoms with van der Waals surface area (Å²) < 4.78 is 5.13. The monoisotopic (exact) mass is 245 g/mol. The first-order chi connectivity index (χ1) is 7.59. The molecule has 1 amide bonds. The minimum atomic E-state index is -1.61. The van der Waals surface area contributed by atoms with E-state index in [1.807, 2.05) is 0 Å². The molecular weight excluding hydrogens is 226 g/mol. The van der Waals surface area contributed by atoms with Crippen LogP contribution in [0.1, 0.15) is 34.1 Å². The second kappa shape index (κ2) is 4.18. The number of amides is 1. The summed E-state index contributed by atoms with van der Waals surface area (Å²) in [5.74, 6) is -1.23. The number of hydrogen-bond acceptors (Lipinski definition) is 4. The highest BCUT2D eigenvalue weighted by Gasteiger charge is 2.53. The van der Waals surface area contributed by atoms with Crippen molar-refractivity contribution in [3.8, 4) is 0 Å². The van der Waals surface area contributed by atoms with Crippen molar-refractivity contribution < 1.29 is 24.5 Å². The lowest BCUT2D eigenvalue weighted by molar-refractivity contribution is -0.153. The molecule has 0 spiro atoms. The molecule has 1 aliphatic heterocycles. The fourth-order valence-electron chi connectivity index (χ4n) is 1.80. The predicted molar refractivity (Wildman–Crippen MR) is 59.6 cm³/mol. The van der Waals surface area contributed by atoms with E-state index in [9.17, 15) is 14.7 Å². The summed E-state index contributed by atoms with van der Waals surface area (Å²) in [6.07, 6.45) is -1.55. The molecule has 0 aromatic heterocycles. The summed E-state index contributed by atoms with van der Waals surface area (Å²) in [6, 6.07) is 0. The number of carbonyl (C=O) groups excluding carboxylic acids is 1. The van der Waals surface area contributed by atoms with Gasteiger partial charge in [-0.2, -0.15) is 0 Å². The number of likely N-dealkylation sites (tertiary alicyclic amines) is 1. The van der Waals surface area contributed by atoms with Gasteiger partial charge < -0.3 is 14.9 Å². The number of carboxylic acid groups (broad SMARTS) is 1. The molecule has 2 N–H and O–H groups in total. The molecule has 1 fully saturated rings. The minimum Gasteiger partial charge on any atom is -0.479 e. The van der Waals surface area contributed by atoms with Crippen LogP contribution in [0.15, 0.2) is 0 Å². The van der Waals surface area contributed by atoms with Gasteiger partial charge in [-0.3, -0.25) is 4.90 Å². The van der Waals surface area contributed by atoms with Crippen LogP contribution >= 0.6 is 0 Å². The SMILES string of the molecule is CC(C)(C)OC(=O)N1CCC(O)[C@@]1(C)C(=O)O. The van der Waals surface area contributed by atoms with Crippen molar-refractivity contribution in [2.24, 2.45) is 0 Å². The zero-order valence-electron chi connectivity index (χ0n) is 10.6. The topological polar surface area (TPSA) is 87.1 Å². The van der Waals surface area contributed by atoms with E-state index in [-0.39, 0.29) is 13.0 Å². The molecule has 0 saturated carbocycles. The number of ether oxygens (including phenoxy) is 1. The molecule has 0 radical (unpaired) electrons. The van der Waals surface area contributed by atoms with Crippen LogP contribution in [0.3, 0.4) is 0 Å². The van der Waals surface area contributed by atoms with Crippen molar-refractivity contribution in [1.82, 2.24) is 4.90 Å². The van der Waals surface area contributed by atoms with Gasteiger partial charge in [-0.15, -0.1) is 0 Å². The second-order valence-corrected chi connectivity index (χ2v) is 5.39. The molecule has 1 heterocycles. The van der Waals surface area contributed by atoms with Crippen molar-refractivity contribution in [3.05, 3.63) is 0 Å². The highest BCUT2D eigenvalue weighted by molar-refractivity contribution is 5.85. The molecule has 0 bridgehead atoms. The fraction of sp³-hybridized carbons (Fsp3) is 0.818. The van der Waals surface area contributed by atoms with E-state index in [1.54, 1.807) is 20.8 Å². The third-order valence-electron chi connectivity index (χ3n) is 2.88. The summed E-state index contributed by atoms with van der Waals surface area (Å²) in [7, 11) is 0. The number of aliphatic carboxylic acids is 1. The van der Waals surface area contributed by atoms with Crippen LogP contribution in [0.25, 0.3) is 0 Å². The molecule has 98 valence electrons. The number of carbonyl (C=O) groups is 2. The predicted octanol–water partition coefficient (Wildman–Crippen LogP) is 0.831. The second-order valence-electron chi connectivity index (χ2n) is 5.39. The third kappa shape index (κ3) is 2.52. The van der Waals surface area contributed by atoms with Crippen LogP contribution in [0.4, 0.5) is 4.79 Å². The number of rotatable bonds is 1. The van der Waals surface area contributed by atoms with Crippen molar-refractivity contribution in [2.45, 2.75) is 51.4 Å². The van der Waals surface area contributed by atoms with Gasteiger partial charge in [0.15, 0.2) is 5.54 Å². The maximum Gasteiger partial charge on any atom is 0.411 e. The molecule has 0 aromatic rings. The summed E-state index contributed by atoms with van der Waals surface area (Å²) >= 11 is 0. The van der Waals surface area contributed by atoms with Gasteiger partial charge in [0, 0.05) is 6.54 Å². The van der Waals surface area contributed by atoms with Gasteiger partial charge in [0.1, 0.15) is 5.60 Å². The highest BCUT2D eigenvalue weighted by atomic mass is 16.6. The Morgan fingerprint density at radius 1 is 1.41 bits per heavy atom. The zero-order valence-corrected chi connectivity index (χ0v) is 10.6. The Kier molecular flexibility index (Phi) is 3.38. The number of aliphatic hydroxyl groups excluding tert-OH is 1. The van der Waals surface area contributed by atoms with Gasteiger partial charge in [-0.05, 0) is 34.1 Å². The van der Waals surface area contributed by atoms with Crippen LogP contribution in [-0.2, 0) is 9.53 Å². The maximum atomic E-state index is 11.9. The fourth-order valence-corrected chi connectivity index (χ4v) is 1.80. The lowest BCUT2D eigenvalue weighted by Crippen LogP contribution is -2.57. The Morgan fingerprint density at radius 3 is 2.35 bits per heavy atom. The normalized spacial score (nSPS) is 29.2. The Morgan fingerprint density at radius 2 is 1.94 bits per heavy atom. The average molecular weight is 245 g/mol. The van der Waals surface area contributed by atoms with Gasteiger partial charge in [0.25, 0.3) is 0 Å². The maximum absolute atomic E-state index is 11.9. The standard InChI is InChI=1S/C11H19NO5/c1-10(2,3)17-9(16)12-6-5-7(13)11(12,4)8(14)15/h7,13H,5-6H2,1-4H3,(H,14,15)/t7?,11-/m0/s1. The number of hydrogen-bond donors (Lipinski definition) is 2. The Balaban J connectivity index is 2.91. The molecule has 1 aliphatic rings. The number of carboxylic acids is 1. The molecule has 1 rings (SSSR count). The molecule has 6 nitrogen and oxygen atoms in total. The van der Waals surface area contributed by atoms with E-state index in [1.165, 1.54) is 6.92 Å². The van der Waals surface area contributed by atoms with E-state index < -0.39 is 29.3 Å². The highest BCUT2D eigenvalue weighted by Crippen LogP contribution is 2.31. The Labute approximate surface area is 100 Å². The Bertz CT molecular complexity index is 335. The molecule has 2 atom stereocenters. The van der Waals surface area contributed by atoms with E-state index in [0.29, 0.717) is 0 Å². The van der Waals surface area contributed by atoms with E-state index in [0.717, 1.165) is 4.90 Å². The molecule has 17 heavy (non-hydrogen) atoms. The molecule has 1 unspecified atom stereocenters. The zero-order chi connectivity index (χ0) is 13.4. The molecule has 0 aromatic carbocycles. The average Bonchev–Trinajstić information content (AvgIpc) is 2.42. The number of aliphatic hydroxyl groups is 1. The van der Waals surface area contributed by atoms with Gasteiger partial charge in [0.2, 0.25) is 0 Å². The van der Waals surface area contributed by atoms with Gasteiger partial charge in [-0.25, -0.2) is 9.59 Å². The van der Waals surface area contributed by atoms with E-state index in [2.05, 4.69) is 0 Å². The van der Waals surface area contributed by atoms with Crippen molar-refractivity contribution in [1.29, 1.82) is 0 Å². The van der Waals surface area contributed by atoms with Crippen LogP contribution < -0.4 is 0 Å². The third-order valence-corrected chi connectivity index (χ3v) is 2.88. The quantitative estimate of drug-likeness (QED) is 0.714. The van der Waals surface area contributed by atoms with Crippen LogP contribution in [-0.4, -0.2) is 51.0 Å². The summed E-state index contributed by atoms with van der Waals surface area (Å²) in [4.78, 5) is 24.1. The lowest BCUT2D eigenvalue weighted by Gasteiger charge is -2.34. The lowest BCUT2D eigenvalue weighted by atomic mass is 9.96. The molecular formula is C11H19NO5. The summed E-state index contributed by atoms with van der Waals surface area (Å²) in [6.45, 7) is 6.62. The van der Waals surface area contributed by atoms with E-state index in [4.69, 9.17) is 9.84 Å². The van der Waals surface area contributed by atoms with Gasteiger partial charge >= 0.3 is 12.1 Å². The largest absolute Gasteiger partial charge is 0.479 e. The van der Waals surface area contributed by atoms with Gasteiger partial charge in [-0.1, -0.05) is 0 Å². The number of nitrogens with zero attached hydrogens (tertiary/aromatic N) is 1. The summed E-state index contributed by atoms with van der Waals surface area (Å²) in [5.41, 5.74) is -2.30. The minimum absolute atomic E-state index is 0.179. The smallest absolute Gasteiger partial charge is 0.411 e. The van der Waals surface area contributed by atoms with Crippen LogP contribution in [0, 0.1) is 0 Å². The van der Waals surface area contributed by atoms with E-state index >= 15 is 0 Å². The first kappa shape index (κ1) is 13.8. The first-order valence-electron chi connectivity index (χ1n) is 5.51. The Hall–Kier alpha value is -1.30. The van der Waals surface area contributed by atoms with Crippen molar-refractivity contribution >= 4 is 12.1 Å². The van der Waals surface area contributed by atoms with Crippen molar-refractivity contribution in [2.75, 3.05) is 6.54 Å². The van der Waals surface area contributed by atoms with Crippen LogP contribution in [0.5, 0.6) is 0 Å². The van der Waals surface area contributed by atoms with Gasteiger partial charge in [0.05, 0.1) is 6.10 Å². The van der Waals surface area contributed by atoms with Crippen molar-refractivity contribution in [3.63, 3.8) is 0 Å². The summed E-state index contributed by atoms with van der Waals surface area (Å²) in [5, 5.41) is 18.9. The van der Waals surface area contributed by atoms with Crippen LogP contribution in [0.2, 0.25) is 0 Å². The molecule has 1 saturated heterocycles. The molecule has 0 aliphatic carbocycles. The first-order valence-corrected chi connectivity index (χ1v) is 5.51.